The van der Waals surface area contributed by atoms with Crippen LogP contribution in [0, 0.1) is 11.8 Å². The molecular weight excluding hydrogens is 332 g/mol. The second kappa shape index (κ2) is 11.7. The molecule has 0 unspecified atom stereocenters. The van der Waals surface area contributed by atoms with Crippen molar-refractivity contribution in [3.63, 3.8) is 0 Å². The number of aryl methyl sites for hydroxylation is 1. The fourth-order valence-corrected chi connectivity index (χ4v) is 4.41. The first-order valence-electron chi connectivity index (χ1n) is 11.3. The summed E-state index contributed by atoms with van der Waals surface area (Å²) in [5.74, 6) is 1.84. The van der Waals surface area contributed by atoms with Gasteiger partial charge in [0.15, 0.2) is 6.29 Å². The van der Waals surface area contributed by atoms with Gasteiger partial charge in [-0.25, -0.2) is 0 Å². The van der Waals surface area contributed by atoms with E-state index in [1.54, 1.807) is 0 Å². The van der Waals surface area contributed by atoms with Gasteiger partial charge in [0.2, 0.25) is 0 Å². The molecule has 0 bridgehead atoms. The van der Waals surface area contributed by atoms with E-state index in [2.05, 4.69) is 43.3 Å². The number of unbranched alkanes of at least 4 members (excludes halogenated alkanes) is 2. The van der Waals surface area contributed by atoms with Gasteiger partial charge in [-0.3, -0.25) is 0 Å². The summed E-state index contributed by atoms with van der Waals surface area (Å²) in [5.41, 5.74) is 2.54. The van der Waals surface area contributed by atoms with E-state index < -0.39 is 0 Å². The highest BCUT2D eigenvalue weighted by Gasteiger charge is 2.19. The van der Waals surface area contributed by atoms with Crippen molar-refractivity contribution in [2.45, 2.75) is 83.8 Å². The highest BCUT2D eigenvalue weighted by atomic mass is 16.7. The highest BCUT2D eigenvalue weighted by molar-refractivity contribution is 5.24. The van der Waals surface area contributed by atoms with E-state index >= 15 is 0 Å². The van der Waals surface area contributed by atoms with Gasteiger partial charge in [-0.2, -0.15) is 0 Å². The van der Waals surface area contributed by atoms with Crippen molar-refractivity contribution < 1.29 is 9.47 Å². The Morgan fingerprint density at radius 3 is 2.41 bits per heavy atom. The van der Waals surface area contributed by atoms with Crippen molar-refractivity contribution in [1.82, 2.24) is 0 Å². The number of allylic oxidation sites excluding steroid dienone is 2. The SMILES string of the molecule is CCCCCC1CCC(/C=C/CCc2ccc(C3OCCCO3)cc2)CC1. The van der Waals surface area contributed by atoms with Crippen LogP contribution >= 0.6 is 0 Å². The van der Waals surface area contributed by atoms with E-state index in [1.165, 1.54) is 56.9 Å². The van der Waals surface area contributed by atoms with Gasteiger partial charge in [-0.15, -0.1) is 0 Å². The summed E-state index contributed by atoms with van der Waals surface area (Å²) >= 11 is 0. The average Bonchev–Trinajstić information content (AvgIpc) is 2.73. The zero-order valence-electron chi connectivity index (χ0n) is 17.2. The Morgan fingerprint density at radius 2 is 1.70 bits per heavy atom. The van der Waals surface area contributed by atoms with Gasteiger partial charge in [-0.1, -0.05) is 69.0 Å². The predicted octanol–water partition coefficient (Wildman–Crippen LogP) is 7.00. The average molecular weight is 371 g/mol. The number of hydrogen-bond acceptors (Lipinski definition) is 2. The van der Waals surface area contributed by atoms with Crippen molar-refractivity contribution in [1.29, 1.82) is 0 Å². The van der Waals surface area contributed by atoms with E-state index in [9.17, 15) is 0 Å². The highest BCUT2D eigenvalue weighted by Crippen LogP contribution is 2.32. The minimum Gasteiger partial charge on any atom is -0.348 e. The molecule has 0 aromatic heterocycles. The zero-order valence-corrected chi connectivity index (χ0v) is 17.2. The maximum atomic E-state index is 5.67. The largest absolute Gasteiger partial charge is 0.348 e. The quantitative estimate of drug-likeness (QED) is 0.344. The molecule has 0 N–H and O–H groups in total. The van der Waals surface area contributed by atoms with E-state index in [4.69, 9.17) is 9.47 Å². The third-order valence-corrected chi connectivity index (χ3v) is 6.19. The topological polar surface area (TPSA) is 18.5 Å². The second-order valence-electron chi connectivity index (χ2n) is 8.41. The Hall–Kier alpha value is -1.12. The second-order valence-corrected chi connectivity index (χ2v) is 8.41. The first-order valence-corrected chi connectivity index (χ1v) is 11.3. The van der Waals surface area contributed by atoms with Crippen LogP contribution < -0.4 is 0 Å². The number of hydrogen-bond donors (Lipinski definition) is 0. The lowest BCUT2D eigenvalue weighted by molar-refractivity contribution is -0.183. The molecule has 27 heavy (non-hydrogen) atoms. The van der Waals surface area contributed by atoms with E-state index in [1.807, 2.05) is 0 Å². The molecule has 0 spiro atoms. The summed E-state index contributed by atoms with van der Waals surface area (Å²) in [6, 6.07) is 8.78. The van der Waals surface area contributed by atoms with Crippen LogP contribution in [0.1, 0.15) is 88.5 Å². The Bertz CT molecular complexity index is 534. The molecule has 2 fully saturated rings. The Labute approximate surface area is 166 Å². The van der Waals surface area contributed by atoms with Gasteiger partial charge in [0.1, 0.15) is 0 Å². The van der Waals surface area contributed by atoms with Crippen molar-refractivity contribution in [3.8, 4) is 0 Å². The third-order valence-electron chi connectivity index (χ3n) is 6.19. The predicted molar refractivity (Wildman–Crippen MR) is 113 cm³/mol. The number of rotatable bonds is 9. The molecule has 1 aliphatic carbocycles. The smallest absolute Gasteiger partial charge is 0.183 e. The summed E-state index contributed by atoms with van der Waals surface area (Å²) in [6.45, 7) is 3.91. The summed E-state index contributed by atoms with van der Waals surface area (Å²) in [6.07, 6.45) is 19.4. The fraction of sp³-hybridized carbons (Fsp3) is 0.680. The molecule has 0 radical (unpaired) electrons. The van der Waals surface area contributed by atoms with Crippen LogP contribution in [0.4, 0.5) is 0 Å². The number of ether oxygens (including phenoxy) is 2. The van der Waals surface area contributed by atoms with Gasteiger partial charge < -0.3 is 9.47 Å². The summed E-state index contributed by atoms with van der Waals surface area (Å²) in [4.78, 5) is 0. The lowest BCUT2D eigenvalue weighted by Crippen LogP contribution is -2.17. The third kappa shape index (κ3) is 7.08. The Kier molecular flexibility index (Phi) is 8.90. The normalized spacial score (nSPS) is 24.5. The van der Waals surface area contributed by atoms with Crippen molar-refractivity contribution in [3.05, 3.63) is 47.5 Å². The molecule has 150 valence electrons. The van der Waals surface area contributed by atoms with Crippen LogP contribution in [-0.4, -0.2) is 13.2 Å². The monoisotopic (exact) mass is 370 g/mol. The molecule has 3 rings (SSSR count). The Morgan fingerprint density at radius 1 is 0.963 bits per heavy atom. The zero-order chi connectivity index (χ0) is 18.7. The van der Waals surface area contributed by atoms with Crippen molar-refractivity contribution in [2.75, 3.05) is 13.2 Å². The molecule has 1 saturated carbocycles. The maximum absolute atomic E-state index is 5.67. The number of benzene rings is 1. The lowest BCUT2D eigenvalue weighted by atomic mass is 9.79. The van der Waals surface area contributed by atoms with Gasteiger partial charge in [-0.05, 0) is 62.3 Å². The molecular formula is C25H38O2. The van der Waals surface area contributed by atoms with Gasteiger partial charge in [0, 0.05) is 5.56 Å². The fourth-order valence-electron chi connectivity index (χ4n) is 4.41. The van der Waals surface area contributed by atoms with Gasteiger partial charge >= 0.3 is 0 Å². The summed E-state index contributed by atoms with van der Waals surface area (Å²) < 4.78 is 11.3. The summed E-state index contributed by atoms with van der Waals surface area (Å²) in [5, 5.41) is 0. The first kappa shape index (κ1) is 20.6. The van der Waals surface area contributed by atoms with Crippen LogP contribution in [0.15, 0.2) is 36.4 Å². The van der Waals surface area contributed by atoms with Crippen LogP contribution in [0.2, 0.25) is 0 Å². The van der Waals surface area contributed by atoms with Gasteiger partial charge in [0.25, 0.3) is 0 Å². The van der Waals surface area contributed by atoms with Gasteiger partial charge in [0.05, 0.1) is 13.2 Å². The molecule has 0 amide bonds. The molecule has 1 aromatic carbocycles. The Balaban J connectivity index is 1.32. The van der Waals surface area contributed by atoms with Crippen LogP contribution in [-0.2, 0) is 15.9 Å². The van der Waals surface area contributed by atoms with E-state index in [0.717, 1.165) is 49.9 Å². The van der Waals surface area contributed by atoms with Crippen LogP contribution in [0.5, 0.6) is 0 Å². The van der Waals surface area contributed by atoms with Crippen LogP contribution in [0.3, 0.4) is 0 Å². The van der Waals surface area contributed by atoms with Crippen LogP contribution in [0.25, 0.3) is 0 Å². The van der Waals surface area contributed by atoms with E-state index in [-0.39, 0.29) is 6.29 Å². The minimum atomic E-state index is -0.162. The minimum absolute atomic E-state index is 0.162. The molecule has 1 aliphatic heterocycles. The van der Waals surface area contributed by atoms with E-state index in [0.29, 0.717) is 0 Å². The first-order chi connectivity index (χ1) is 13.3. The molecule has 2 aliphatic rings. The molecule has 0 atom stereocenters. The molecule has 1 saturated heterocycles. The molecule has 1 heterocycles. The molecule has 2 nitrogen and oxygen atoms in total. The lowest BCUT2D eigenvalue weighted by Gasteiger charge is -2.26. The summed E-state index contributed by atoms with van der Waals surface area (Å²) in [7, 11) is 0. The molecule has 2 heteroatoms. The standard InChI is InChI=1S/C25H38O2/c1-2-3-4-8-21-11-13-22(14-12-21)9-5-6-10-23-15-17-24(18-16-23)25-26-19-7-20-27-25/h5,9,15-18,21-22,25H,2-4,6-8,10-14,19-20H2,1H3/b9-5+. The van der Waals surface area contributed by atoms with Crippen molar-refractivity contribution in [2.24, 2.45) is 11.8 Å². The van der Waals surface area contributed by atoms with Crippen molar-refractivity contribution >= 4 is 0 Å². The molecule has 1 aromatic rings. The maximum Gasteiger partial charge on any atom is 0.183 e.